The molecule has 0 aliphatic heterocycles. The van der Waals surface area contributed by atoms with Crippen LogP contribution in [0.1, 0.15) is 29.7 Å². The summed E-state index contributed by atoms with van der Waals surface area (Å²) in [7, 11) is 1.57. The smallest absolute Gasteiger partial charge is 0.287 e. The van der Waals surface area contributed by atoms with Crippen molar-refractivity contribution in [2.75, 3.05) is 26.5 Å². The third-order valence-corrected chi connectivity index (χ3v) is 3.22. The van der Waals surface area contributed by atoms with Crippen molar-refractivity contribution in [1.29, 1.82) is 0 Å². The van der Waals surface area contributed by atoms with Crippen LogP contribution >= 0.6 is 11.8 Å². The second kappa shape index (κ2) is 7.57. The molecule has 1 amide bonds. The number of hydrogen-bond donors (Lipinski definition) is 2. The van der Waals surface area contributed by atoms with Crippen molar-refractivity contribution in [2.45, 2.75) is 24.7 Å². The molecule has 1 aromatic heterocycles. The molecule has 0 saturated carbocycles. The minimum Gasteiger partial charge on any atom is -0.455 e. The zero-order chi connectivity index (χ0) is 14.3. The van der Waals surface area contributed by atoms with E-state index in [4.69, 9.17) is 9.15 Å². The highest BCUT2D eigenvalue weighted by molar-refractivity contribution is 7.97. The van der Waals surface area contributed by atoms with E-state index in [1.54, 1.807) is 37.9 Å². The molecule has 0 bridgehead atoms. The summed E-state index contributed by atoms with van der Waals surface area (Å²) in [6.45, 7) is 2.27. The number of carbonyl (C=O) groups is 1. The average molecular weight is 287 g/mol. The summed E-state index contributed by atoms with van der Waals surface area (Å²) in [5.74, 6) is 1.46. The molecule has 0 aliphatic carbocycles. The van der Waals surface area contributed by atoms with Gasteiger partial charge in [0, 0.05) is 26.7 Å². The highest BCUT2D eigenvalue weighted by Crippen LogP contribution is 2.14. The highest BCUT2D eigenvalue weighted by Gasteiger charge is 2.22. The van der Waals surface area contributed by atoms with Gasteiger partial charge in [-0.1, -0.05) is 0 Å². The summed E-state index contributed by atoms with van der Waals surface area (Å²) in [5.41, 5.74) is -0.986. The second-order valence-corrected chi connectivity index (χ2v) is 5.49. The molecule has 1 rings (SSSR count). The first-order chi connectivity index (χ1) is 8.98. The van der Waals surface area contributed by atoms with Gasteiger partial charge in [-0.15, -0.1) is 0 Å². The maximum absolute atomic E-state index is 11.8. The molecule has 0 saturated heterocycles. The van der Waals surface area contributed by atoms with Crippen molar-refractivity contribution in [3.8, 4) is 0 Å². The zero-order valence-electron chi connectivity index (χ0n) is 11.6. The fraction of sp³-hybridized carbons (Fsp3) is 0.615. The van der Waals surface area contributed by atoms with Gasteiger partial charge in [0.2, 0.25) is 0 Å². The topological polar surface area (TPSA) is 71.7 Å². The van der Waals surface area contributed by atoms with Crippen molar-refractivity contribution in [3.05, 3.63) is 23.7 Å². The Morgan fingerprint density at radius 1 is 1.58 bits per heavy atom. The van der Waals surface area contributed by atoms with Crippen LogP contribution in [0.15, 0.2) is 16.5 Å². The van der Waals surface area contributed by atoms with Crippen molar-refractivity contribution >= 4 is 17.7 Å². The second-order valence-electron chi connectivity index (χ2n) is 4.62. The number of aliphatic hydroxyl groups is 1. The van der Waals surface area contributed by atoms with E-state index in [0.717, 1.165) is 11.5 Å². The van der Waals surface area contributed by atoms with Gasteiger partial charge in [0.1, 0.15) is 5.76 Å². The lowest BCUT2D eigenvalue weighted by atomic mass is 10.0. The van der Waals surface area contributed by atoms with Gasteiger partial charge in [-0.05, 0) is 25.3 Å². The molecule has 0 fully saturated rings. The number of thioether (sulfide) groups is 1. The molecule has 108 valence electrons. The Hall–Kier alpha value is -0.980. The van der Waals surface area contributed by atoms with E-state index in [-0.39, 0.29) is 18.2 Å². The Labute approximate surface area is 117 Å². The van der Waals surface area contributed by atoms with Gasteiger partial charge in [-0.2, -0.15) is 11.8 Å². The summed E-state index contributed by atoms with van der Waals surface area (Å²) in [5, 5.41) is 12.7. The van der Waals surface area contributed by atoms with Crippen LogP contribution in [0.4, 0.5) is 0 Å². The molecule has 1 aromatic rings. The quantitative estimate of drug-likeness (QED) is 0.761. The number of hydrogen-bond acceptors (Lipinski definition) is 5. The first kappa shape index (κ1) is 16.1. The third-order valence-electron chi connectivity index (χ3n) is 2.65. The Kier molecular flexibility index (Phi) is 6.41. The van der Waals surface area contributed by atoms with E-state index in [9.17, 15) is 9.90 Å². The lowest BCUT2D eigenvalue weighted by molar-refractivity contribution is 0.0240. The van der Waals surface area contributed by atoms with Gasteiger partial charge in [0.15, 0.2) is 5.76 Å². The summed E-state index contributed by atoms with van der Waals surface area (Å²) in [4.78, 5) is 11.8. The van der Waals surface area contributed by atoms with Crippen LogP contribution in [0.5, 0.6) is 0 Å². The van der Waals surface area contributed by atoms with Gasteiger partial charge in [0.25, 0.3) is 5.91 Å². The van der Waals surface area contributed by atoms with Gasteiger partial charge in [-0.25, -0.2) is 0 Å². The van der Waals surface area contributed by atoms with Crippen molar-refractivity contribution < 1.29 is 19.1 Å². The predicted molar refractivity (Wildman–Crippen MR) is 75.4 cm³/mol. The number of ether oxygens (including phenoxy) is 1. The molecule has 2 N–H and O–H groups in total. The number of rotatable bonds is 8. The molecule has 0 aromatic carbocycles. The zero-order valence-corrected chi connectivity index (χ0v) is 12.4. The lowest BCUT2D eigenvalue weighted by Gasteiger charge is -2.22. The van der Waals surface area contributed by atoms with E-state index < -0.39 is 5.60 Å². The molecule has 1 atom stereocenters. The highest BCUT2D eigenvalue weighted by atomic mass is 32.2. The Morgan fingerprint density at radius 3 is 2.95 bits per heavy atom. The first-order valence-corrected chi connectivity index (χ1v) is 7.45. The molecule has 6 heteroatoms. The largest absolute Gasteiger partial charge is 0.455 e. The molecular formula is C13H21NO4S. The SMILES string of the molecule is COCCC(C)(O)CNC(=O)c1ccc(CSC)o1. The maximum atomic E-state index is 11.8. The number of nitrogens with one attached hydrogen (secondary N) is 1. The Balaban J connectivity index is 2.45. The lowest BCUT2D eigenvalue weighted by Crippen LogP contribution is -2.41. The monoisotopic (exact) mass is 287 g/mol. The van der Waals surface area contributed by atoms with Crippen LogP contribution < -0.4 is 5.32 Å². The summed E-state index contributed by atoms with van der Waals surface area (Å²) < 4.78 is 10.3. The fourth-order valence-electron chi connectivity index (χ4n) is 1.49. The van der Waals surface area contributed by atoms with Crippen molar-refractivity contribution in [1.82, 2.24) is 5.32 Å². The fourth-order valence-corrected chi connectivity index (χ4v) is 1.93. The number of furan rings is 1. The minimum absolute atomic E-state index is 0.160. The van der Waals surface area contributed by atoms with Gasteiger partial charge < -0.3 is 19.6 Å². The third kappa shape index (κ3) is 5.67. The minimum atomic E-state index is -0.986. The van der Waals surface area contributed by atoms with Crippen LogP contribution in [-0.2, 0) is 10.5 Å². The van der Waals surface area contributed by atoms with Crippen LogP contribution in [-0.4, -0.2) is 43.1 Å². The van der Waals surface area contributed by atoms with Crippen molar-refractivity contribution in [2.24, 2.45) is 0 Å². The van der Waals surface area contributed by atoms with E-state index in [1.807, 2.05) is 6.26 Å². The van der Waals surface area contributed by atoms with Gasteiger partial charge >= 0.3 is 0 Å². The van der Waals surface area contributed by atoms with E-state index >= 15 is 0 Å². The molecule has 5 nitrogen and oxygen atoms in total. The normalized spacial score (nSPS) is 14.1. The summed E-state index contributed by atoms with van der Waals surface area (Å²) in [6.07, 6.45) is 2.43. The van der Waals surface area contributed by atoms with Crippen LogP contribution in [0.25, 0.3) is 0 Å². The first-order valence-electron chi connectivity index (χ1n) is 6.05. The Morgan fingerprint density at radius 2 is 2.32 bits per heavy atom. The van der Waals surface area contributed by atoms with E-state index in [0.29, 0.717) is 13.0 Å². The number of methoxy groups -OCH3 is 1. The van der Waals surface area contributed by atoms with E-state index in [1.165, 1.54) is 0 Å². The summed E-state index contributed by atoms with van der Waals surface area (Å²) in [6, 6.07) is 3.43. The number of carbonyl (C=O) groups excluding carboxylic acids is 1. The standard InChI is InChI=1S/C13H21NO4S/c1-13(16,6-7-17-2)9-14-12(15)11-5-4-10(18-11)8-19-3/h4-5,16H,6-9H2,1-3H3,(H,14,15). The maximum Gasteiger partial charge on any atom is 0.287 e. The molecule has 1 heterocycles. The molecule has 1 unspecified atom stereocenters. The van der Waals surface area contributed by atoms with E-state index in [2.05, 4.69) is 5.32 Å². The average Bonchev–Trinajstić information content (AvgIpc) is 2.83. The molecule has 19 heavy (non-hydrogen) atoms. The number of amides is 1. The molecular weight excluding hydrogens is 266 g/mol. The Bertz CT molecular complexity index is 403. The van der Waals surface area contributed by atoms with Gasteiger partial charge in [-0.3, -0.25) is 4.79 Å². The van der Waals surface area contributed by atoms with Gasteiger partial charge in [0.05, 0.1) is 11.4 Å². The predicted octanol–water partition coefficient (Wildman–Crippen LogP) is 1.66. The molecule has 0 aliphatic rings. The molecule has 0 spiro atoms. The van der Waals surface area contributed by atoms with Crippen LogP contribution in [0, 0.1) is 0 Å². The van der Waals surface area contributed by atoms with Crippen molar-refractivity contribution in [3.63, 3.8) is 0 Å². The molecule has 0 radical (unpaired) electrons. The van der Waals surface area contributed by atoms with Crippen LogP contribution in [0.3, 0.4) is 0 Å². The summed E-state index contributed by atoms with van der Waals surface area (Å²) >= 11 is 1.63. The van der Waals surface area contributed by atoms with Crippen LogP contribution in [0.2, 0.25) is 0 Å².